The number of halogens is 2. The number of nitrogens with one attached hydrogen (secondary N) is 2. The molecule has 1 amide bonds. The fourth-order valence-corrected chi connectivity index (χ4v) is 3.91. The minimum Gasteiger partial charge on any atom is -0.486 e. The van der Waals surface area contributed by atoms with Crippen molar-refractivity contribution in [2.24, 2.45) is 0 Å². The highest BCUT2D eigenvalue weighted by Gasteiger charge is 2.11. The number of fused-ring (bicyclic) bond motifs is 1. The quantitative estimate of drug-likeness (QED) is 0.215. The molecule has 2 N–H and O–H groups in total. The van der Waals surface area contributed by atoms with E-state index in [2.05, 4.69) is 25.3 Å². The Bertz CT molecular complexity index is 1450. The molecule has 0 saturated carbocycles. The van der Waals surface area contributed by atoms with Gasteiger partial charge < -0.3 is 19.9 Å². The summed E-state index contributed by atoms with van der Waals surface area (Å²) in [5.41, 5.74) is 2.70. The summed E-state index contributed by atoms with van der Waals surface area (Å²) in [7, 11) is 0. The highest BCUT2D eigenvalue weighted by atomic mass is 35.5. The molecule has 11 heteroatoms. The molecule has 0 bridgehead atoms. The predicted molar refractivity (Wildman–Crippen MR) is 138 cm³/mol. The molecule has 0 aliphatic rings. The average Bonchev–Trinajstić information content (AvgIpc) is 2.90. The zero-order valence-corrected chi connectivity index (χ0v) is 21.0. The molecule has 4 aromatic rings. The van der Waals surface area contributed by atoms with E-state index in [9.17, 15) is 14.0 Å². The number of ether oxygens (including phenoxy) is 1. The van der Waals surface area contributed by atoms with Crippen molar-refractivity contribution in [2.45, 2.75) is 33.0 Å². The van der Waals surface area contributed by atoms with Crippen molar-refractivity contribution in [3.63, 3.8) is 0 Å². The fraction of sp³-hybridized carbons (Fsp3) is 0.269. The van der Waals surface area contributed by atoms with E-state index in [4.69, 9.17) is 16.3 Å². The first-order chi connectivity index (χ1) is 17.9. The number of benzene rings is 1. The summed E-state index contributed by atoms with van der Waals surface area (Å²) < 4.78 is 19.0. The lowest BCUT2D eigenvalue weighted by molar-refractivity contribution is -0.118. The molecule has 4 rings (SSSR count). The summed E-state index contributed by atoms with van der Waals surface area (Å²) >= 11 is 5.79. The van der Waals surface area contributed by atoms with Gasteiger partial charge in [-0.2, -0.15) is 0 Å². The molecule has 0 radical (unpaired) electrons. The Kier molecular flexibility index (Phi) is 8.76. The second-order valence-electron chi connectivity index (χ2n) is 8.40. The SMILES string of the molecule is Cc1cccnc1CN(C=O)CCCNCc1nccc2c(=O)[nH]c(COc3ccc(F)c(Cl)c3)nc12. The third-order valence-corrected chi connectivity index (χ3v) is 6.02. The van der Waals surface area contributed by atoms with Crippen molar-refractivity contribution >= 4 is 28.9 Å². The Morgan fingerprint density at radius 2 is 2.03 bits per heavy atom. The monoisotopic (exact) mass is 524 g/mol. The maximum Gasteiger partial charge on any atom is 0.258 e. The maximum absolute atomic E-state index is 13.4. The van der Waals surface area contributed by atoms with Gasteiger partial charge in [0, 0.05) is 31.5 Å². The minimum absolute atomic E-state index is 0.0355. The molecule has 0 fully saturated rings. The van der Waals surface area contributed by atoms with E-state index in [-0.39, 0.29) is 17.2 Å². The summed E-state index contributed by atoms with van der Waals surface area (Å²) in [6, 6.07) is 9.46. The predicted octanol–water partition coefficient (Wildman–Crippen LogP) is 3.53. The molecule has 3 heterocycles. The molecule has 0 unspecified atom stereocenters. The molecule has 9 nitrogen and oxygen atoms in total. The number of nitrogens with zero attached hydrogens (tertiary/aromatic N) is 4. The van der Waals surface area contributed by atoms with Gasteiger partial charge in [0.15, 0.2) is 0 Å². The molecule has 37 heavy (non-hydrogen) atoms. The van der Waals surface area contributed by atoms with Crippen molar-refractivity contribution < 1.29 is 13.9 Å². The third-order valence-electron chi connectivity index (χ3n) is 5.73. The molecular formula is C26H26ClFN6O3. The molecule has 1 aromatic carbocycles. The third kappa shape index (κ3) is 6.87. The number of aryl methyl sites for hydroxylation is 1. The van der Waals surface area contributed by atoms with Crippen LogP contribution in [0.1, 0.15) is 29.2 Å². The maximum atomic E-state index is 13.4. The Morgan fingerprint density at radius 3 is 2.81 bits per heavy atom. The first-order valence-electron chi connectivity index (χ1n) is 11.7. The number of aromatic amines is 1. The van der Waals surface area contributed by atoms with Gasteiger partial charge in [0.1, 0.15) is 29.5 Å². The molecule has 0 spiro atoms. The van der Waals surface area contributed by atoms with Crippen molar-refractivity contribution in [1.82, 2.24) is 30.2 Å². The summed E-state index contributed by atoms with van der Waals surface area (Å²) in [4.78, 5) is 41.8. The number of carbonyl (C=O) groups excluding carboxylic acids is 1. The van der Waals surface area contributed by atoms with Crippen molar-refractivity contribution in [3.8, 4) is 5.75 Å². The number of H-pyrrole nitrogens is 1. The van der Waals surface area contributed by atoms with Crippen LogP contribution in [0.2, 0.25) is 5.02 Å². The number of carbonyl (C=O) groups is 1. The van der Waals surface area contributed by atoms with Gasteiger partial charge in [-0.25, -0.2) is 9.37 Å². The number of amides is 1. The average molecular weight is 525 g/mol. The lowest BCUT2D eigenvalue weighted by Gasteiger charge is -2.18. The summed E-state index contributed by atoms with van der Waals surface area (Å²) in [6.45, 7) is 3.99. The van der Waals surface area contributed by atoms with Gasteiger partial charge >= 0.3 is 0 Å². The molecule has 3 aromatic heterocycles. The van der Waals surface area contributed by atoms with E-state index >= 15 is 0 Å². The lowest BCUT2D eigenvalue weighted by Crippen LogP contribution is -2.27. The van der Waals surface area contributed by atoms with Gasteiger partial charge in [-0.3, -0.25) is 19.6 Å². The fourth-order valence-electron chi connectivity index (χ4n) is 3.74. The van der Waals surface area contributed by atoms with Crippen LogP contribution in [0.3, 0.4) is 0 Å². The minimum atomic E-state index is -0.545. The summed E-state index contributed by atoms with van der Waals surface area (Å²) in [6.07, 6.45) is 4.85. The van der Waals surface area contributed by atoms with Gasteiger partial charge in [0.2, 0.25) is 6.41 Å². The van der Waals surface area contributed by atoms with E-state index in [1.807, 2.05) is 19.1 Å². The number of aromatic nitrogens is 4. The highest BCUT2D eigenvalue weighted by Crippen LogP contribution is 2.21. The first kappa shape index (κ1) is 26.2. The van der Waals surface area contributed by atoms with Crippen LogP contribution < -0.4 is 15.6 Å². The van der Waals surface area contributed by atoms with Crippen LogP contribution >= 0.6 is 11.6 Å². The number of pyridine rings is 2. The summed E-state index contributed by atoms with van der Waals surface area (Å²) in [5, 5.41) is 3.66. The summed E-state index contributed by atoms with van der Waals surface area (Å²) in [5.74, 6) is 0.111. The number of hydrogen-bond acceptors (Lipinski definition) is 7. The largest absolute Gasteiger partial charge is 0.486 e. The number of hydrogen-bond donors (Lipinski definition) is 2. The zero-order valence-electron chi connectivity index (χ0n) is 20.2. The lowest BCUT2D eigenvalue weighted by atomic mass is 10.2. The van der Waals surface area contributed by atoms with Crippen LogP contribution in [0.25, 0.3) is 10.9 Å². The zero-order chi connectivity index (χ0) is 26.2. The molecule has 192 valence electrons. The first-order valence-corrected chi connectivity index (χ1v) is 12.1. The van der Waals surface area contributed by atoms with Crippen LogP contribution in [0, 0.1) is 12.7 Å². The van der Waals surface area contributed by atoms with Crippen LogP contribution in [0.15, 0.2) is 53.6 Å². The van der Waals surface area contributed by atoms with Gasteiger partial charge in [-0.15, -0.1) is 0 Å². The van der Waals surface area contributed by atoms with Gasteiger partial charge in [0.05, 0.1) is 28.3 Å². The van der Waals surface area contributed by atoms with Crippen LogP contribution in [0.4, 0.5) is 4.39 Å². The van der Waals surface area contributed by atoms with Crippen LogP contribution in [0.5, 0.6) is 5.75 Å². The standard InChI is InChI=1S/C26H26ClFN6O3/c1-17-4-2-9-30-23(17)14-34(16-35)11-3-8-29-13-22-25-19(7-10-31-22)26(36)33-24(32-25)15-37-18-5-6-21(28)20(27)12-18/h2,4-7,9-10,12,16,29H,3,8,11,13-15H2,1H3,(H,32,33,36). The van der Waals surface area contributed by atoms with Gasteiger partial charge in [-0.05, 0) is 49.7 Å². The van der Waals surface area contributed by atoms with E-state index < -0.39 is 5.82 Å². The molecule has 0 aliphatic heterocycles. The van der Waals surface area contributed by atoms with E-state index in [0.717, 1.165) is 24.1 Å². The second-order valence-corrected chi connectivity index (χ2v) is 8.81. The van der Waals surface area contributed by atoms with E-state index in [1.54, 1.807) is 23.4 Å². The second kappa shape index (κ2) is 12.4. The topological polar surface area (TPSA) is 113 Å². The number of rotatable bonds is 12. The highest BCUT2D eigenvalue weighted by molar-refractivity contribution is 6.30. The van der Waals surface area contributed by atoms with Crippen molar-refractivity contribution in [1.29, 1.82) is 0 Å². The van der Waals surface area contributed by atoms with Crippen LogP contribution in [-0.4, -0.2) is 44.3 Å². The van der Waals surface area contributed by atoms with Crippen molar-refractivity contribution in [3.05, 3.63) is 92.8 Å². The Morgan fingerprint density at radius 1 is 1.19 bits per heavy atom. The van der Waals surface area contributed by atoms with Gasteiger partial charge in [-0.1, -0.05) is 17.7 Å². The molecular weight excluding hydrogens is 499 g/mol. The van der Waals surface area contributed by atoms with Gasteiger partial charge in [0.25, 0.3) is 5.56 Å². The van der Waals surface area contributed by atoms with Crippen molar-refractivity contribution in [2.75, 3.05) is 13.1 Å². The molecule has 0 atom stereocenters. The Balaban J connectivity index is 1.35. The Hall–Kier alpha value is -3.89. The van der Waals surface area contributed by atoms with E-state index in [1.165, 1.54) is 18.2 Å². The molecule has 0 saturated heterocycles. The molecule has 0 aliphatic carbocycles. The van der Waals surface area contributed by atoms with Crippen LogP contribution in [-0.2, 0) is 24.5 Å². The van der Waals surface area contributed by atoms with E-state index in [0.29, 0.717) is 54.3 Å². The smallest absolute Gasteiger partial charge is 0.258 e. The Labute approximate surface area is 217 Å². The normalized spacial score (nSPS) is 11.0.